The van der Waals surface area contributed by atoms with Crippen molar-refractivity contribution in [3.8, 4) is 0 Å². The summed E-state index contributed by atoms with van der Waals surface area (Å²) < 4.78 is 0. The Morgan fingerprint density at radius 1 is 1.11 bits per heavy atom. The van der Waals surface area contributed by atoms with Gasteiger partial charge in [0.15, 0.2) is 0 Å². The largest absolute Gasteiger partial charge is 0.318 e. The molecule has 1 fully saturated rings. The summed E-state index contributed by atoms with van der Waals surface area (Å²) in [6.07, 6.45) is 8.37. The number of rotatable bonds is 5. The number of benzene rings is 1. The van der Waals surface area contributed by atoms with Crippen LogP contribution < -0.4 is 5.32 Å². The van der Waals surface area contributed by atoms with Crippen LogP contribution in [0.15, 0.2) is 30.3 Å². The third kappa shape index (κ3) is 4.05. The summed E-state index contributed by atoms with van der Waals surface area (Å²) in [7, 11) is 4.36. The quantitative estimate of drug-likeness (QED) is 0.814. The van der Waals surface area contributed by atoms with Crippen LogP contribution in [-0.4, -0.2) is 31.6 Å². The van der Waals surface area contributed by atoms with E-state index in [1.54, 1.807) is 0 Å². The zero-order valence-corrected chi connectivity index (χ0v) is 12.4. The van der Waals surface area contributed by atoms with E-state index in [0.717, 1.165) is 12.6 Å². The van der Waals surface area contributed by atoms with Crippen molar-refractivity contribution in [2.45, 2.75) is 50.6 Å². The Hall–Kier alpha value is -0.860. The molecule has 0 aromatic heterocycles. The number of likely N-dealkylation sites (N-methyl/N-ethyl adjacent to an activating group) is 2. The Kier molecular flexibility index (Phi) is 5.87. The van der Waals surface area contributed by atoms with Crippen LogP contribution >= 0.6 is 0 Å². The summed E-state index contributed by atoms with van der Waals surface area (Å²) in [6, 6.07) is 12.2. The van der Waals surface area contributed by atoms with Gasteiger partial charge in [0.25, 0.3) is 0 Å². The van der Waals surface area contributed by atoms with Crippen molar-refractivity contribution in [2.75, 3.05) is 20.6 Å². The van der Waals surface area contributed by atoms with Gasteiger partial charge in [0, 0.05) is 18.6 Å². The van der Waals surface area contributed by atoms with Crippen LogP contribution in [0.25, 0.3) is 0 Å². The third-order valence-corrected chi connectivity index (χ3v) is 4.47. The van der Waals surface area contributed by atoms with Crippen LogP contribution in [-0.2, 0) is 0 Å². The SMILES string of the molecule is CNCC(c1ccccc1)N(C)C1CCCCCC1. The van der Waals surface area contributed by atoms with Gasteiger partial charge in [0.2, 0.25) is 0 Å². The predicted molar refractivity (Wildman–Crippen MR) is 82.4 cm³/mol. The van der Waals surface area contributed by atoms with Crippen molar-refractivity contribution in [1.82, 2.24) is 10.2 Å². The van der Waals surface area contributed by atoms with Gasteiger partial charge in [-0.15, -0.1) is 0 Å². The van der Waals surface area contributed by atoms with Crippen molar-refractivity contribution < 1.29 is 0 Å². The lowest BCUT2D eigenvalue weighted by Crippen LogP contribution is -2.39. The molecule has 0 bridgehead atoms. The monoisotopic (exact) mass is 260 g/mol. The van der Waals surface area contributed by atoms with Crippen LogP contribution in [0, 0.1) is 0 Å². The molecule has 1 aliphatic rings. The molecule has 0 radical (unpaired) electrons. The smallest absolute Gasteiger partial charge is 0.0472 e. The molecule has 0 aliphatic heterocycles. The minimum Gasteiger partial charge on any atom is -0.318 e. The Morgan fingerprint density at radius 3 is 2.32 bits per heavy atom. The zero-order valence-electron chi connectivity index (χ0n) is 12.4. The van der Waals surface area contributed by atoms with Crippen LogP contribution in [0.3, 0.4) is 0 Å². The molecule has 2 heteroatoms. The Bertz CT molecular complexity index is 342. The first-order valence-electron chi connectivity index (χ1n) is 7.74. The molecule has 1 aromatic rings. The van der Waals surface area contributed by atoms with Crippen molar-refractivity contribution in [3.05, 3.63) is 35.9 Å². The van der Waals surface area contributed by atoms with E-state index in [0.29, 0.717) is 6.04 Å². The van der Waals surface area contributed by atoms with Crippen LogP contribution in [0.4, 0.5) is 0 Å². The van der Waals surface area contributed by atoms with E-state index in [1.807, 2.05) is 0 Å². The topological polar surface area (TPSA) is 15.3 Å². The molecule has 106 valence electrons. The summed E-state index contributed by atoms with van der Waals surface area (Å²) in [6.45, 7) is 1.02. The first-order valence-corrected chi connectivity index (χ1v) is 7.74. The number of hydrogen-bond acceptors (Lipinski definition) is 2. The molecule has 2 nitrogen and oxygen atoms in total. The highest BCUT2D eigenvalue weighted by molar-refractivity contribution is 5.19. The fourth-order valence-corrected chi connectivity index (χ4v) is 3.29. The van der Waals surface area contributed by atoms with Gasteiger partial charge in [-0.05, 0) is 32.5 Å². The molecule has 1 N–H and O–H groups in total. The molecule has 1 saturated carbocycles. The average molecular weight is 260 g/mol. The van der Waals surface area contributed by atoms with E-state index in [9.17, 15) is 0 Å². The Morgan fingerprint density at radius 2 is 1.74 bits per heavy atom. The summed E-state index contributed by atoms with van der Waals surface area (Å²) in [5.41, 5.74) is 1.43. The maximum atomic E-state index is 3.36. The molecule has 2 rings (SSSR count). The van der Waals surface area contributed by atoms with E-state index < -0.39 is 0 Å². The molecule has 1 unspecified atom stereocenters. The number of hydrogen-bond donors (Lipinski definition) is 1. The van der Waals surface area contributed by atoms with Gasteiger partial charge in [0.1, 0.15) is 0 Å². The number of nitrogens with one attached hydrogen (secondary N) is 1. The molecule has 1 atom stereocenters. The summed E-state index contributed by atoms with van der Waals surface area (Å²) >= 11 is 0. The fourth-order valence-electron chi connectivity index (χ4n) is 3.29. The van der Waals surface area contributed by atoms with Gasteiger partial charge in [-0.3, -0.25) is 4.90 Å². The summed E-state index contributed by atoms with van der Waals surface area (Å²) in [5.74, 6) is 0. The van der Waals surface area contributed by atoms with Gasteiger partial charge in [0.05, 0.1) is 0 Å². The highest BCUT2D eigenvalue weighted by Crippen LogP contribution is 2.27. The molecular formula is C17H28N2. The van der Waals surface area contributed by atoms with Crippen molar-refractivity contribution in [3.63, 3.8) is 0 Å². The molecule has 19 heavy (non-hydrogen) atoms. The summed E-state index contributed by atoms with van der Waals surface area (Å²) in [4.78, 5) is 2.61. The average Bonchev–Trinajstić information content (AvgIpc) is 2.74. The van der Waals surface area contributed by atoms with Crippen molar-refractivity contribution >= 4 is 0 Å². The standard InChI is InChI=1S/C17H28N2/c1-18-14-17(15-10-6-5-7-11-15)19(2)16-12-8-3-4-9-13-16/h5-7,10-11,16-18H,3-4,8-9,12-14H2,1-2H3. The fraction of sp³-hybridized carbons (Fsp3) is 0.647. The van der Waals surface area contributed by atoms with Gasteiger partial charge >= 0.3 is 0 Å². The normalized spacial score (nSPS) is 19.3. The lowest BCUT2D eigenvalue weighted by atomic mass is 10.0. The Balaban J connectivity index is 2.09. The lowest BCUT2D eigenvalue weighted by Gasteiger charge is -2.35. The van der Waals surface area contributed by atoms with E-state index in [2.05, 4.69) is 54.6 Å². The maximum Gasteiger partial charge on any atom is 0.0472 e. The van der Waals surface area contributed by atoms with Crippen LogP contribution in [0.2, 0.25) is 0 Å². The zero-order chi connectivity index (χ0) is 13.5. The molecule has 1 aromatic carbocycles. The predicted octanol–water partition coefficient (Wildman–Crippen LogP) is 3.60. The minimum absolute atomic E-state index is 0.495. The van der Waals surface area contributed by atoms with E-state index >= 15 is 0 Å². The second-order valence-electron chi connectivity index (χ2n) is 5.80. The van der Waals surface area contributed by atoms with Gasteiger partial charge < -0.3 is 5.32 Å². The second kappa shape index (κ2) is 7.66. The molecular weight excluding hydrogens is 232 g/mol. The number of nitrogens with zero attached hydrogens (tertiary/aromatic N) is 1. The van der Waals surface area contributed by atoms with Crippen molar-refractivity contribution in [1.29, 1.82) is 0 Å². The van der Waals surface area contributed by atoms with Gasteiger partial charge in [-0.2, -0.15) is 0 Å². The van der Waals surface area contributed by atoms with E-state index in [1.165, 1.54) is 44.1 Å². The van der Waals surface area contributed by atoms with Gasteiger partial charge in [-0.25, -0.2) is 0 Å². The molecule has 1 aliphatic carbocycles. The van der Waals surface area contributed by atoms with Gasteiger partial charge in [-0.1, -0.05) is 56.0 Å². The minimum atomic E-state index is 0.495. The lowest BCUT2D eigenvalue weighted by molar-refractivity contribution is 0.156. The second-order valence-corrected chi connectivity index (χ2v) is 5.80. The summed E-state index contributed by atoms with van der Waals surface area (Å²) in [5, 5.41) is 3.36. The molecule has 0 spiro atoms. The van der Waals surface area contributed by atoms with Crippen molar-refractivity contribution in [2.24, 2.45) is 0 Å². The third-order valence-electron chi connectivity index (χ3n) is 4.47. The maximum absolute atomic E-state index is 3.36. The molecule has 0 heterocycles. The Labute approximate surface area is 118 Å². The first-order chi connectivity index (χ1) is 9.33. The highest BCUT2D eigenvalue weighted by Gasteiger charge is 2.24. The molecule has 0 amide bonds. The van der Waals surface area contributed by atoms with E-state index in [-0.39, 0.29) is 0 Å². The van der Waals surface area contributed by atoms with Crippen LogP contribution in [0.5, 0.6) is 0 Å². The highest BCUT2D eigenvalue weighted by atomic mass is 15.2. The van der Waals surface area contributed by atoms with E-state index in [4.69, 9.17) is 0 Å². The van der Waals surface area contributed by atoms with Crippen LogP contribution in [0.1, 0.15) is 50.1 Å². The first kappa shape index (κ1) is 14.5. The molecule has 0 saturated heterocycles.